The number of hydrogen-bond acceptors (Lipinski definition) is 5. The van der Waals surface area contributed by atoms with E-state index in [1.165, 1.54) is 0 Å². The van der Waals surface area contributed by atoms with Crippen LogP contribution in [0.1, 0.15) is 37.8 Å². The minimum Gasteiger partial charge on any atom is -0.459 e. The molecule has 1 aromatic heterocycles. The van der Waals surface area contributed by atoms with E-state index in [-0.39, 0.29) is 24.0 Å². The normalized spacial score (nSPS) is 16.2. The summed E-state index contributed by atoms with van der Waals surface area (Å²) < 4.78 is 29.0. The predicted molar refractivity (Wildman–Crippen MR) is 74.7 cm³/mol. The third-order valence-electron chi connectivity index (χ3n) is 3.51. The van der Waals surface area contributed by atoms with Gasteiger partial charge in [0.05, 0.1) is 23.1 Å². The molecule has 0 unspecified atom stereocenters. The average molecular weight is 297 g/mol. The molecule has 6 heteroatoms. The Labute approximate surface area is 119 Å². The molecule has 5 nitrogen and oxygen atoms in total. The van der Waals surface area contributed by atoms with E-state index in [0.29, 0.717) is 5.69 Å². The molecule has 0 radical (unpaired) electrons. The lowest BCUT2D eigenvalue weighted by atomic mass is 10.4. The average Bonchev–Trinajstić information content (AvgIpc) is 2.99. The number of sulfone groups is 1. The Bertz CT molecular complexity index is 536. The summed E-state index contributed by atoms with van der Waals surface area (Å²) in [5.41, 5.74) is 0.652. The lowest BCUT2D eigenvalue weighted by Crippen LogP contribution is -2.23. The third-order valence-corrected chi connectivity index (χ3v) is 5.77. The Morgan fingerprint density at radius 3 is 2.70 bits per heavy atom. The third kappa shape index (κ3) is 4.30. The number of pyridine rings is 1. The monoisotopic (exact) mass is 297 g/mol. The van der Waals surface area contributed by atoms with Crippen molar-refractivity contribution in [3.63, 3.8) is 0 Å². The largest absolute Gasteiger partial charge is 0.459 e. The fourth-order valence-corrected chi connectivity index (χ4v) is 4.19. The number of hydrogen-bond donors (Lipinski definition) is 0. The molecule has 1 fully saturated rings. The van der Waals surface area contributed by atoms with Crippen LogP contribution in [0.15, 0.2) is 24.4 Å². The highest BCUT2D eigenvalue weighted by Gasteiger charge is 2.29. The number of rotatable bonds is 6. The highest BCUT2D eigenvalue weighted by Crippen LogP contribution is 2.25. The molecule has 0 N–H and O–H groups in total. The Morgan fingerprint density at radius 2 is 2.05 bits per heavy atom. The van der Waals surface area contributed by atoms with E-state index in [1.54, 1.807) is 24.4 Å². The summed E-state index contributed by atoms with van der Waals surface area (Å²) in [6.45, 7) is 0.0865. The molecule has 0 spiro atoms. The van der Waals surface area contributed by atoms with Crippen LogP contribution in [-0.4, -0.2) is 30.4 Å². The van der Waals surface area contributed by atoms with Crippen molar-refractivity contribution in [2.75, 3.05) is 5.75 Å². The molecule has 0 amide bonds. The van der Waals surface area contributed by atoms with Crippen molar-refractivity contribution in [2.45, 2.75) is 44.0 Å². The first-order valence-electron chi connectivity index (χ1n) is 6.85. The van der Waals surface area contributed by atoms with Crippen LogP contribution in [0.5, 0.6) is 0 Å². The first-order valence-corrected chi connectivity index (χ1v) is 8.56. The van der Waals surface area contributed by atoms with Gasteiger partial charge in [0.2, 0.25) is 0 Å². The summed E-state index contributed by atoms with van der Waals surface area (Å²) in [5.74, 6) is -0.601. The van der Waals surface area contributed by atoms with Gasteiger partial charge in [-0.3, -0.25) is 9.78 Å². The van der Waals surface area contributed by atoms with Crippen LogP contribution >= 0.6 is 0 Å². The molecular formula is C14H19NO4S. The molecule has 0 aliphatic heterocycles. The molecular weight excluding hydrogens is 278 g/mol. The fourth-order valence-electron chi connectivity index (χ4n) is 2.35. The van der Waals surface area contributed by atoms with Crippen molar-refractivity contribution in [3.8, 4) is 0 Å². The van der Waals surface area contributed by atoms with Crippen LogP contribution in [0.3, 0.4) is 0 Å². The van der Waals surface area contributed by atoms with Gasteiger partial charge in [-0.25, -0.2) is 8.42 Å². The topological polar surface area (TPSA) is 73.3 Å². The zero-order valence-electron chi connectivity index (χ0n) is 11.3. The fraction of sp³-hybridized carbons (Fsp3) is 0.571. The molecule has 0 saturated heterocycles. The number of carbonyl (C=O) groups is 1. The summed E-state index contributed by atoms with van der Waals surface area (Å²) >= 11 is 0. The van der Waals surface area contributed by atoms with E-state index >= 15 is 0 Å². The second kappa shape index (κ2) is 6.83. The summed E-state index contributed by atoms with van der Waals surface area (Å²) in [7, 11) is -3.15. The molecule has 2 rings (SSSR count). The Hall–Kier alpha value is -1.43. The zero-order valence-corrected chi connectivity index (χ0v) is 12.1. The first-order chi connectivity index (χ1) is 9.58. The summed E-state index contributed by atoms with van der Waals surface area (Å²) in [4.78, 5) is 15.6. The van der Waals surface area contributed by atoms with Gasteiger partial charge in [-0.1, -0.05) is 18.9 Å². The number of aromatic nitrogens is 1. The Balaban J connectivity index is 1.75. The van der Waals surface area contributed by atoms with Crippen molar-refractivity contribution in [2.24, 2.45) is 0 Å². The van der Waals surface area contributed by atoms with E-state index in [4.69, 9.17) is 4.74 Å². The first kappa shape index (κ1) is 15.0. The van der Waals surface area contributed by atoms with Gasteiger partial charge in [-0.15, -0.1) is 0 Å². The Morgan fingerprint density at radius 1 is 1.30 bits per heavy atom. The minimum atomic E-state index is -3.15. The van der Waals surface area contributed by atoms with Crippen molar-refractivity contribution >= 4 is 15.8 Å². The highest BCUT2D eigenvalue weighted by molar-refractivity contribution is 7.92. The summed E-state index contributed by atoms with van der Waals surface area (Å²) in [6, 6.07) is 5.34. The van der Waals surface area contributed by atoms with Gasteiger partial charge < -0.3 is 4.74 Å². The van der Waals surface area contributed by atoms with E-state index in [2.05, 4.69) is 4.98 Å². The maximum absolute atomic E-state index is 12.0. The molecule has 1 heterocycles. The van der Waals surface area contributed by atoms with Crippen LogP contribution in [0.25, 0.3) is 0 Å². The van der Waals surface area contributed by atoms with E-state index in [9.17, 15) is 13.2 Å². The van der Waals surface area contributed by atoms with Gasteiger partial charge in [0.25, 0.3) is 0 Å². The number of esters is 1. The van der Waals surface area contributed by atoms with Crippen molar-refractivity contribution in [3.05, 3.63) is 30.1 Å². The molecule has 1 aliphatic rings. The van der Waals surface area contributed by atoms with Crippen LogP contribution in [0, 0.1) is 0 Å². The summed E-state index contributed by atoms with van der Waals surface area (Å²) in [6.07, 6.45) is 4.93. The number of nitrogens with zero attached hydrogens (tertiary/aromatic N) is 1. The SMILES string of the molecule is O=C(CCS(=O)(=O)C1CCCC1)OCc1ccccn1. The molecule has 1 aromatic rings. The van der Waals surface area contributed by atoms with Crippen LogP contribution in [0.4, 0.5) is 0 Å². The molecule has 1 aliphatic carbocycles. The van der Waals surface area contributed by atoms with Crippen LogP contribution in [0.2, 0.25) is 0 Å². The van der Waals surface area contributed by atoms with Gasteiger partial charge >= 0.3 is 5.97 Å². The molecule has 1 saturated carbocycles. The number of ether oxygens (including phenoxy) is 1. The standard InChI is InChI=1S/C14H19NO4S/c16-14(19-11-12-5-3-4-9-15-12)8-10-20(17,18)13-6-1-2-7-13/h3-5,9,13H,1-2,6-8,10-11H2. The predicted octanol–water partition coefficient (Wildman–Crippen LogP) is 1.87. The second-order valence-corrected chi connectivity index (χ2v) is 7.41. The summed E-state index contributed by atoms with van der Waals surface area (Å²) in [5, 5.41) is -0.258. The number of carbonyl (C=O) groups excluding carboxylic acids is 1. The lowest BCUT2D eigenvalue weighted by Gasteiger charge is -2.10. The van der Waals surface area contributed by atoms with Crippen molar-refractivity contribution in [1.82, 2.24) is 4.98 Å². The van der Waals surface area contributed by atoms with Gasteiger partial charge in [0.15, 0.2) is 9.84 Å². The second-order valence-electron chi connectivity index (χ2n) is 5.01. The molecule has 20 heavy (non-hydrogen) atoms. The van der Waals surface area contributed by atoms with Gasteiger partial charge in [-0.2, -0.15) is 0 Å². The smallest absolute Gasteiger partial charge is 0.307 e. The van der Waals surface area contributed by atoms with E-state index < -0.39 is 15.8 Å². The quantitative estimate of drug-likeness (QED) is 0.749. The maximum Gasteiger partial charge on any atom is 0.307 e. The van der Waals surface area contributed by atoms with Crippen molar-refractivity contribution in [1.29, 1.82) is 0 Å². The molecule has 0 bridgehead atoms. The molecule has 0 aromatic carbocycles. The minimum absolute atomic E-state index is 0.0777. The van der Waals surface area contributed by atoms with E-state index in [1.807, 2.05) is 0 Å². The van der Waals surface area contributed by atoms with Crippen LogP contribution < -0.4 is 0 Å². The van der Waals surface area contributed by atoms with Gasteiger partial charge in [0.1, 0.15) is 6.61 Å². The van der Waals surface area contributed by atoms with Crippen LogP contribution in [-0.2, 0) is 26.0 Å². The van der Waals surface area contributed by atoms with Crippen molar-refractivity contribution < 1.29 is 17.9 Å². The zero-order chi connectivity index (χ0) is 14.4. The Kier molecular flexibility index (Phi) is 5.11. The molecule has 110 valence electrons. The maximum atomic E-state index is 12.0. The highest BCUT2D eigenvalue weighted by atomic mass is 32.2. The lowest BCUT2D eigenvalue weighted by molar-refractivity contribution is -0.144. The molecule has 0 atom stereocenters. The van der Waals surface area contributed by atoms with Gasteiger partial charge in [-0.05, 0) is 25.0 Å². The van der Waals surface area contributed by atoms with Gasteiger partial charge in [0, 0.05) is 6.20 Å². The van der Waals surface area contributed by atoms with E-state index in [0.717, 1.165) is 25.7 Å².